The van der Waals surface area contributed by atoms with Crippen LogP contribution in [0.5, 0.6) is 0 Å². The lowest BCUT2D eigenvalue weighted by Gasteiger charge is -2.21. The van der Waals surface area contributed by atoms with Crippen molar-refractivity contribution in [3.63, 3.8) is 0 Å². The number of nitrogens with one attached hydrogen (secondary N) is 1. The van der Waals surface area contributed by atoms with Crippen LogP contribution in [0.4, 0.5) is 0 Å². The fourth-order valence-electron chi connectivity index (χ4n) is 3.47. The van der Waals surface area contributed by atoms with Gasteiger partial charge in [-0.05, 0) is 75.8 Å². The second-order valence-corrected chi connectivity index (χ2v) is 8.75. The molecule has 0 aliphatic heterocycles. The van der Waals surface area contributed by atoms with Crippen LogP contribution < -0.4 is 11.4 Å². The minimum Gasteiger partial charge on any atom is -0.399 e. The number of aryl methyl sites for hydroxylation is 1. The molecule has 1 aromatic carbocycles. The maximum absolute atomic E-state index is 12.4. The number of hydrogen-bond donors (Lipinski definition) is 2. The number of nitrogens with two attached hydrogens (primary N) is 1. The fourth-order valence-corrected chi connectivity index (χ4v) is 3.47. The van der Waals surface area contributed by atoms with Gasteiger partial charge in [-0.2, -0.15) is 4.98 Å². The van der Waals surface area contributed by atoms with E-state index in [1.165, 1.54) is 12.7 Å². The number of aromatic nitrogens is 3. The first-order chi connectivity index (χ1) is 14.2. The van der Waals surface area contributed by atoms with Crippen molar-refractivity contribution in [1.82, 2.24) is 14.5 Å². The van der Waals surface area contributed by atoms with Gasteiger partial charge >= 0.3 is 5.69 Å². The molecule has 0 bridgehead atoms. The van der Waals surface area contributed by atoms with Gasteiger partial charge in [-0.25, -0.2) is 4.79 Å². The fraction of sp³-hybridized carbons (Fsp3) is 0.435. The largest absolute Gasteiger partial charge is 0.399 e. The van der Waals surface area contributed by atoms with Crippen molar-refractivity contribution >= 4 is 17.2 Å². The Labute approximate surface area is 177 Å². The van der Waals surface area contributed by atoms with Crippen LogP contribution in [-0.2, 0) is 16.8 Å². The molecule has 7 heteroatoms. The predicted octanol–water partition coefficient (Wildman–Crippen LogP) is 3.80. The highest BCUT2D eigenvalue weighted by atomic mass is 16.6. The molecule has 2 heterocycles. The summed E-state index contributed by atoms with van der Waals surface area (Å²) in [4.78, 5) is 24.8. The minimum absolute atomic E-state index is 0.180. The molecular weight excluding hydrogens is 378 g/mol. The summed E-state index contributed by atoms with van der Waals surface area (Å²) in [7, 11) is 1.53. The number of fused-ring (bicyclic) bond motifs is 1. The summed E-state index contributed by atoms with van der Waals surface area (Å²) in [6.07, 6.45) is 6.45. The summed E-state index contributed by atoms with van der Waals surface area (Å²) in [5.41, 5.74) is 10.1. The number of H-pyrrole nitrogens is 1. The lowest BCUT2D eigenvalue weighted by atomic mass is 9.97. The first kappa shape index (κ1) is 21.8. The molecule has 0 amide bonds. The van der Waals surface area contributed by atoms with Crippen LogP contribution >= 0.6 is 0 Å². The summed E-state index contributed by atoms with van der Waals surface area (Å²) >= 11 is 0. The monoisotopic (exact) mass is 409 g/mol. The van der Waals surface area contributed by atoms with Crippen molar-refractivity contribution < 1.29 is 4.84 Å². The Morgan fingerprint density at radius 1 is 1.33 bits per heavy atom. The van der Waals surface area contributed by atoms with E-state index in [4.69, 9.17) is 10.6 Å². The molecule has 0 saturated carbocycles. The Morgan fingerprint density at radius 2 is 2.10 bits per heavy atom. The summed E-state index contributed by atoms with van der Waals surface area (Å²) < 4.78 is 1.66. The zero-order valence-corrected chi connectivity index (χ0v) is 18.4. The van der Waals surface area contributed by atoms with Crippen LogP contribution in [0.3, 0.4) is 0 Å². The third-order valence-corrected chi connectivity index (χ3v) is 5.09. The van der Waals surface area contributed by atoms with Crippen molar-refractivity contribution in [1.29, 1.82) is 0 Å². The number of rotatable bonds is 7. The molecule has 0 radical (unpaired) electrons. The molecule has 0 unspecified atom stereocenters. The van der Waals surface area contributed by atoms with Crippen molar-refractivity contribution in [2.75, 3.05) is 7.11 Å². The predicted molar refractivity (Wildman–Crippen MR) is 122 cm³/mol. The van der Waals surface area contributed by atoms with Crippen LogP contribution in [0.2, 0.25) is 0 Å². The van der Waals surface area contributed by atoms with Crippen molar-refractivity contribution in [2.45, 2.75) is 58.5 Å². The normalized spacial score (nSPS) is 13.3. The lowest BCUT2D eigenvalue weighted by molar-refractivity contribution is 0.215. The molecule has 30 heavy (non-hydrogen) atoms. The van der Waals surface area contributed by atoms with E-state index in [1.54, 1.807) is 10.8 Å². The Kier molecular flexibility index (Phi) is 6.41. The molecule has 3 rings (SSSR count). The Hall–Kier alpha value is -2.93. The van der Waals surface area contributed by atoms with Crippen molar-refractivity contribution in [3.8, 4) is 11.3 Å². The summed E-state index contributed by atoms with van der Waals surface area (Å²) in [6, 6.07) is 8.44. The maximum atomic E-state index is 12.4. The van der Waals surface area contributed by atoms with Gasteiger partial charge in [0.05, 0.1) is 6.21 Å². The van der Waals surface area contributed by atoms with Gasteiger partial charge in [-0.15, -0.1) is 0 Å². The molecule has 0 spiro atoms. The topological polar surface area (TPSA) is 98.3 Å². The molecule has 3 N–H and O–H groups in total. The molecule has 7 nitrogen and oxygen atoms in total. The average Bonchev–Trinajstić information content (AvgIpc) is 3.08. The van der Waals surface area contributed by atoms with E-state index in [9.17, 15) is 4.79 Å². The molecule has 2 aromatic heterocycles. The summed E-state index contributed by atoms with van der Waals surface area (Å²) in [5.74, 6) is 0. The van der Waals surface area contributed by atoms with Gasteiger partial charge in [0.25, 0.3) is 0 Å². The van der Waals surface area contributed by atoms with Gasteiger partial charge in [0.15, 0.2) is 0 Å². The van der Waals surface area contributed by atoms with E-state index in [2.05, 4.69) is 21.2 Å². The first-order valence-corrected chi connectivity index (χ1v) is 10.3. The third kappa shape index (κ3) is 4.97. The highest BCUT2D eigenvalue weighted by molar-refractivity contribution is 5.85. The second kappa shape index (κ2) is 8.83. The van der Waals surface area contributed by atoms with Crippen molar-refractivity contribution in [2.24, 2.45) is 10.9 Å². The number of aromatic amines is 1. The van der Waals surface area contributed by atoms with Gasteiger partial charge in [0, 0.05) is 28.9 Å². The Balaban J connectivity index is 2.00. The SMILES string of the molecule is CO/N=C/c1ccc(-c2cc3cn(C(C)(C)C)c(=O)nc3[nH]2)cc1CCC[C@H](C)N. The smallest absolute Gasteiger partial charge is 0.350 e. The quantitative estimate of drug-likeness (QED) is 0.458. The molecule has 0 aliphatic rings. The second-order valence-electron chi connectivity index (χ2n) is 8.75. The van der Waals surface area contributed by atoms with Gasteiger partial charge in [0.1, 0.15) is 12.8 Å². The Morgan fingerprint density at radius 3 is 2.77 bits per heavy atom. The van der Waals surface area contributed by atoms with Gasteiger partial charge in [0.2, 0.25) is 0 Å². The highest BCUT2D eigenvalue weighted by Gasteiger charge is 2.17. The third-order valence-electron chi connectivity index (χ3n) is 5.09. The van der Waals surface area contributed by atoms with E-state index < -0.39 is 0 Å². The molecule has 1 atom stereocenters. The van der Waals surface area contributed by atoms with E-state index in [-0.39, 0.29) is 17.3 Å². The Bertz CT molecular complexity index is 1100. The molecular formula is C23H31N5O2. The number of benzene rings is 1. The number of hydrogen-bond acceptors (Lipinski definition) is 5. The minimum atomic E-state index is -0.328. The molecule has 0 saturated heterocycles. The van der Waals surface area contributed by atoms with Crippen LogP contribution in [-0.4, -0.2) is 33.9 Å². The maximum Gasteiger partial charge on any atom is 0.350 e. The summed E-state index contributed by atoms with van der Waals surface area (Å²) in [6.45, 7) is 7.99. The standard InChI is InChI=1S/C23H31N5O2/c1-15(24)7-6-8-16-11-17(9-10-18(16)13-25-30-5)20-12-19-14-28(23(2,3)4)22(29)27-21(19)26-20/h9-15H,6-8,24H2,1-5H3,(H,26,27,29)/b25-13+/t15-/m0/s1. The summed E-state index contributed by atoms with van der Waals surface area (Å²) in [5, 5.41) is 4.83. The van der Waals surface area contributed by atoms with Crippen LogP contribution in [0, 0.1) is 0 Å². The van der Waals surface area contributed by atoms with E-state index in [0.29, 0.717) is 5.65 Å². The number of nitrogens with zero attached hydrogens (tertiary/aromatic N) is 3. The van der Waals surface area contributed by atoms with Gasteiger partial charge in [-0.3, -0.25) is 4.57 Å². The molecule has 3 aromatic rings. The molecule has 0 aliphatic carbocycles. The van der Waals surface area contributed by atoms with E-state index in [1.807, 2.05) is 52.1 Å². The van der Waals surface area contributed by atoms with Gasteiger partial charge < -0.3 is 15.6 Å². The zero-order chi connectivity index (χ0) is 21.9. The molecule has 0 fully saturated rings. The van der Waals surface area contributed by atoms with E-state index >= 15 is 0 Å². The average molecular weight is 410 g/mol. The number of oxime groups is 1. The van der Waals surface area contributed by atoms with Crippen molar-refractivity contribution in [3.05, 3.63) is 52.1 Å². The van der Waals surface area contributed by atoms with Gasteiger partial charge in [-0.1, -0.05) is 17.3 Å². The van der Waals surface area contributed by atoms with Crippen LogP contribution in [0.25, 0.3) is 22.3 Å². The highest BCUT2D eigenvalue weighted by Crippen LogP contribution is 2.26. The lowest BCUT2D eigenvalue weighted by Crippen LogP contribution is -2.34. The zero-order valence-electron chi connectivity index (χ0n) is 18.4. The van der Waals surface area contributed by atoms with Crippen LogP contribution in [0.15, 0.2) is 40.4 Å². The van der Waals surface area contributed by atoms with Crippen LogP contribution in [0.1, 0.15) is 51.7 Å². The first-order valence-electron chi connectivity index (χ1n) is 10.3. The molecule has 160 valence electrons. The van der Waals surface area contributed by atoms with E-state index in [0.717, 1.165) is 41.5 Å².